The van der Waals surface area contributed by atoms with Gasteiger partial charge in [0.05, 0.1) is 11.8 Å². The van der Waals surface area contributed by atoms with Crippen LogP contribution in [0.5, 0.6) is 0 Å². The number of benzene rings is 1. The average molecular weight is 331 g/mol. The molecule has 24 heavy (non-hydrogen) atoms. The van der Waals surface area contributed by atoms with E-state index in [9.17, 15) is 9.59 Å². The highest BCUT2D eigenvalue weighted by atomic mass is 16.2. The molecule has 1 aliphatic rings. The predicted molar refractivity (Wildman–Crippen MR) is 97.0 cm³/mol. The van der Waals surface area contributed by atoms with Gasteiger partial charge in [-0.2, -0.15) is 0 Å². The molecule has 0 aliphatic heterocycles. The van der Waals surface area contributed by atoms with Gasteiger partial charge in [0.25, 0.3) is 0 Å². The van der Waals surface area contributed by atoms with Crippen LogP contribution in [0.15, 0.2) is 24.3 Å². The summed E-state index contributed by atoms with van der Waals surface area (Å²) in [6.45, 7) is 6.23. The van der Waals surface area contributed by atoms with Gasteiger partial charge in [-0.05, 0) is 65.0 Å². The molecular weight excluding hydrogens is 302 g/mol. The van der Waals surface area contributed by atoms with Crippen LogP contribution in [0.4, 0.5) is 5.69 Å². The predicted octanol–water partition coefficient (Wildman–Crippen LogP) is 2.05. The highest BCUT2D eigenvalue weighted by Gasteiger charge is 2.49. The number of amides is 2. The van der Waals surface area contributed by atoms with Crippen LogP contribution < -0.4 is 10.2 Å². The van der Waals surface area contributed by atoms with Crippen molar-refractivity contribution in [3.8, 4) is 0 Å². The molecule has 1 aromatic carbocycles. The highest BCUT2D eigenvalue weighted by Crippen LogP contribution is 2.41. The van der Waals surface area contributed by atoms with Crippen LogP contribution in [-0.2, 0) is 9.59 Å². The Morgan fingerprint density at radius 1 is 1.25 bits per heavy atom. The van der Waals surface area contributed by atoms with Crippen LogP contribution in [0.3, 0.4) is 0 Å². The van der Waals surface area contributed by atoms with Gasteiger partial charge in [0.2, 0.25) is 11.8 Å². The maximum atomic E-state index is 12.7. The minimum atomic E-state index is -0.167. The van der Waals surface area contributed by atoms with Gasteiger partial charge < -0.3 is 15.1 Å². The van der Waals surface area contributed by atoms with E-state index in [0.29, 0.717) is 19.5 Å². The molecule has 2 atom stereocenters. The SMILES string of the molecule is CCN(C(=O)C1CC1C(=O)NCCCN(C)C)c1cccc(C)c1. The monoisotopic (exact) mass is 331 g/mol. The van der Waals surface area contributed by atoms with Crippen molar-refractivity contribution in [2.75, 3.05) is 38.6 Å². The molecule has 0 heterocycles. The van der Waals surface area contributed by atoms with E-state index < -0.39 is 0 Å². The number of carbonyl (C=O) groups excluding carboxylic acids is 2. The van der Waals surface area contributed by atoms with Crippen molar-refractivity contribution in [3.63, 3.8) is 0 Å². The Kier molecular flexibility index (Phi) is 6.37. The second kappa shape index (κ2) is 8.29. The smallest absolute Gasteiger partial charge is 0.230 e. The Labute approximate surface area is 145 Å². The van der Waals surface area contributed by atoms with Gasteiger partial charge in [0.1, 0.15) is 0 Å². The van der Waals surface area contributed by atoms with E-state index in [0.717, 1.165) is 24.2 Å². The molecular formula is C19H29N3O2. The number of anilines is 1. The number of hydrogen-bond donors (Lipinski definition) is 1. The zero-order valence-electron chi connectivity index (χ0n) is 15.2. The van der Waals surface area contributed by atoms with E-state index >= 15 is 0 Å². The topological polar surface area (TPSA) is 52.7 Å². The molecule has 0 spiro atoms. The molecule has 5 heteroatoms. The van der Waals surface area contributed by atoms with Gasteiger partial charge in [-0.25, -0.2) is 0 Å². The summed E-state index contributed by atoms with van der Waals surface area (Å²) in [4.78, 5) is 28.8. The fraction of sp³-hybridized carbons (Fsp3) is 0.579. The number of hydrogen-bond acceptors (Lipinski definition) is 3. The first kappa shape index (κ1) is 18.5. The van der Waals surface area contributed by atoms with Gasteiger partial charge in [-0.1, -0.05) is 12.1 Å². The van der Waals surface area contributed by atoms with E-state index in [-0.39, 0.29) is 23.7 Å². The van der Waals surface area contributed by atoms with E-state index in [2.05, 4.69) is 10.2 Å². The quantitative estimate of drug-likeness (QED) is 0.742. The van der Waals surface area contributed by atoms with Crippen molar-refractivity contribution >= 4 is 17.5 Å². The van der Waals surface area contributed by atoms with E-state index in [1.165, 1.54) is 0 Å². The summed E-state index contributed by atoms with van der Waals surface area (Å²) in [5.74, 6) is -0.237. The molecule has 2 rings (SSSR count). The third-order valence-corrected chi connectivity index (χ3v) is 4.42. The largest absolute Gasteiger partial charge is 0.356 e. The molecule has 132 valence electrons. The lowest BCUT2D eigenvalue weighted by Crippen LogP contribution is -2.34. The average Bonchev–Trinajstić information content (AvgIpc) is 3.32. The van der Waals surface area contributed by atoms with E-state index in [1.807, 2.05) is 52.2 Å². The molecule has 2 amide bonds. The Morgan fingerprint density at radius 3 is 2.62 bits per heavy atom. The van der Waals surface area contributed by atoms with Crippen molar-refractivity contribution in [2.45, 2.75) is 26.7 Å². The maximum absolute atomic E-state index is 12.7. The minimum absolute atomic E-state index is 0.0207. The standard InChI is InChI=1S/C19H29N3O2/c1-5-22(15-9-6-8-14(2)12-15)19(24)17-13-16(17)18(23)20-10-7-11-21(3)4/h6,8-9,12,16-17H,5,7,10-11,13H2,1-4H3,(H,20,23). The number of carbonyl (C=O) groups is 2. The summed E-state index contributed by atoms with van der Waals surface area (Å²) in [5.41, 5.74) is 2.05. The second-order valence-corrected chi connectivity index (χ2v) is 6.82. The number of nitrogens with zero attached hydrogens (tertiary/aromatic N) is 2. The molecule has 1 fully saturated rings. The van der Waals surface area contributed by atoms with Crippen LogP contribution in [0.1, 0.15) is 25.3 Å². The molecule has 1 aromatic rings. The Bertz CT molecular complexity index is 586. The molecule has 0 aromatic heterocycles. The van der Waals surface area contributed by atoms with Crippen molar-refractivity contribution in [1.82, 2.24) is 10.2 Å². The van der Waals surface area contributed by atoms with Crippen LogP contribution in [0.25, 0.3) is 0 Å². The van der Waals surface area contributed by atoms with Crippen LogP contribution >= 0.6 is 0 Å². The lowest BCUT2D eigenvalue weighted by molar-refractivity contribution is -0.126. The molecule has 5 nitrogen and oxygen atoms in total. The molecule has 0 saturated heterocycles. The first-order valence-electron chi connectivity index (χ1n) is 8.74. The Hall–Kier alpha value is -1.88. The zero-order chi connectivity index (χ0) is 17.7. The van der Waals surface area contributed by atoms with Gasteiger partial charge in [-0.3, -0.25) is 9.59 Å². The van der Waals surface area contributed by atoms with Crippen molar-refractivity contribution in [2.24, 2.45) is 11.8 Å². The fourth-order valence-electron chi connectivity index (χ4n) is 2.96. The van der Waals surface area contributed by atoms with Gasteiger partial charge in [0.15, 0.2) is 0 Å². The van der Waals surface area contributed by atoms with Crippen LogP contribution in [0, 0.1) is 18.8 Å². The molecule has 1 saturated carbocycles. The zero-order valence-corrected chi connectivity index (χ0v) is 15.2. The van der Waals surface area contributed by atoms with Crippen molar-refractivity contribution in [1.29, 1.82) is 0 Å². The summed E-state index contributed by atoms with van der Waals surface area (Å²) in [5, 5.41) is 2.95. The molecule has 0 radical (unpaired) electrons. The Morgan fingerprint density at radius 2 is 2.00 bits per heavy atom. The highest BCUT2D eigenvalue weighted by molar-refractivity contribution is 6.01. The summed E-state index contributed by atoms with van der Waals surface area (Å²) in [7, 11) is 4.03. The van der Waals surface area contributed by atoms with Gasteiger partial charge >= 0.3 is 0 Å². The van der Waals surface area contributed by atoms with Crippen molar-refractivity contribution < 1.29 is 9.59 Å². The Balaban J connectivity index is 1.86. The molecule has 2 unspecified atom stereocenters. The summed E-state index contributed by atoms with van der Waals surface area (Å²) < 4.78 is 0. The molecule has 0 bridgehead atoms. The first-order valence-corrected chi connectivity index (χ1v) is 8.74. The minimum Gasteiger partial charge on any atom is -0.356 e. The molecule has 1 aliphatic carbocycles. The number of rotatable bonds is 8. The summed E-state index contributed by atoms with van der Waals surface area (Å²) in [6, 6.07) is 7.94. The first-order chi connectivity index (χ1) is 11.4. The second-order valence-electron chi connectivity index (χ2n) is 6.82. The maximum Gasteiger partial charge on any atom is 0.230 e. The third kappa shape index (κ3) is 4.81. The van der Waals surface area contributed by atoms with Crippen molar-refractivity contribution in [3.05, 3.63) is 29.8 Å². The third-order valence-electron chi connectivity index (χ3n) is 4.42. The molecule has 1 N–H and O–H groups in total. The summed E-state index contributed by atoms with van der Waals surface area (Å²) >= 11 is 0. The number of aryl methyl sites for hydroxylation is 1. The van der Waals surface area contributed by atoms with E-state index in [4.69, 9.17) is 0 Å². The van der Waals surface area contributed by atoms with E-state index in [1.54, 1.807) is 4.90 Å². The lowest BCUT2D eigenvalue weighted by Gasteiger charge is -2.21. The van der Waals surface area contributed by atoms with Crippen LogP contribution in [-0.4, -0.2) is 50.4 Å². The summed E-state index contributed by atoms with van der Waals surface area (Å²) in [6.07, 6.45) is 1.59. The number of nitrogens with one attached hydrogen (secondary N) is 1. The van der Waals surface area contributed by atoms with Crippen LogP contribution in [0.2, 0.25) is 0 Å². The van der Waals surface area contributed by atoms with Gasteiger partial charge in [0, 0.05) is 18.8 Å². The fourth-order valence-corrected chi connectivity index (χ4v) is 2.96. The van der Waals surface area contributed by atoms with Gasteiger partial charge in [-0.15, -0.1) is 0 Å². The normalized spacial score (nSPS) is 19.2. The lowest BCUT2D eigenvalue weighted by atomic mass is 10.2.